The van der Waals surface area contributed by atoms with E-state index in [4.69, 9.17) is 9.47 Å². The number of benzene rings is 2. The van der Waals surface area contributed by atoms with Gasteiger partial charge in [0.15, 0.2) is 11.6 Å². The molecule has 6 heterocycles. The molecule has 14 aliphatic rings. The maximum atomic E-state index is 15.5. The summed E-state index contributed by atoms with van der Waals surface area (Å²) in [7, 11) is 3.04. The third kappa shape index (κ3) is 4.86. The summed E-state index contributed by atoms with van der Waals surface area (Å²) >= 11 is 0. The van der Waals surface area contributed by atoms with Crippen LogP contribution in [0.5, 0.6) is 5.75 Å². The molecule has 63 heavy (non-hydrogen) atoms. The van der Waals surface area contributed by atoms with Gasteiger partial charge in [0.05, 0.1) is 30.1 Å². The lowest BCUT2D eigenvalue weighted by atomic mass is 9.43. The largest absolute Gasteiger partial charge is 0.511 e. The van der Waals surface area contributed by atoms with E-state index >= 15 is 9.59 Å². The van der Waals surface area contributed by atoms with E-state index in [1.54, 1.807) is 35.1 Å². The van der Waals surface area contributed by atoms with Gasteiger partial charge < -0.3 is 50.7 Å². The van der Waals surface area contributed by atoms with Crippen LogP contribution >= 0.6 is 21.6 Å². The number of ether oxygens (including phenoxy) is 2. The van der Waals surface area contributed by atoms with Gasteiger partial charge in [0.2, 0.25) is 6.29 Å². The summed E-state index contributed by atoms with van der Waals surface area (Å²) in [6, 6.07) is 12.2. The number of nitrogens with one attached hydrogen (secondary N) is 2. The molecule has 16 rings (SSSR count). The number of allylic oxidation sites excluding steroid dienone is 7. The second-order valence-corrected chi connectivity index (χ2v) is 22.7. The summed E-state index contributed by atoms with van der Waals surface area (Å²) in [5.41, 5.74) is 1.12. The van der Waals surface area contributed by atoms with Gasteiger partial charge in [0, 0.05) is 41.2 Å². The summed E-state index contributed by atoms with van der Waals surface area (Å²) in [6.45, 7) is -0.131. The molecular weight excluding hydrogens is 841 g/mol. The number of ketones is 2. The molecule has 14 heteroatoms. The highest BCUT2D eigenvalue weighted by Crippen LogP contribution is 2.76. The maximum absolute atomic E-state index is 15.5. The lowest BCUT2D eigenvalue weighted by molar-refractivity contribution is -0.393. The number of fused-ring (bicyclic) bond motifs is 1. The Labute approximate surface area is 372 Å². The van der Waals surface area contributed by atoms with E-state index in [1.807, 2.05) is 24.3 Å². The van der Waals surface area contributed by atoms with Gasteiger partial charge in [-0.15, -0.1) is 0 Å². The van der Waals surface area contributed by atoms with Gasteiger partial charge in [-0.05, 0) is 108 Å². The average molecular weight is 891 g/mol. The van der Waals surface area contributed by atoms with Crippen molar-refractivity contribution in [3.8, 4) is 5.75 Å². The van der Waals surface area contributed by atoms with Crippen LogP contribution in [0, 0.1) is 46.3 Å². The van der Waals surface area contributed by atoms with E-state index in [0.717, 1.165) is 48.2 Å². The molecule has 12 nitrogen and oxygen atoms in total. The molecule has 13 bridgehead atoms. The molecule has 3 saturated carbocycles. The number of aliphatic hydroxyl groups excluding tert-OH is 5. The Morgan fingerprint density at radius 3 is 2.68 bits per heavy atom. The number of hydrogen-bond donors (Lipinski definition) is 8. The van der Waals surface area contributed by atoms with Crippen LogP contribution in [0.4, 0.5) is 0 Å². The summed E-state index contributed by atoms with van der Waals surface area (Å²) in [4.78, 5) is 30.6. The standard InChI is InChI=1S/C49H50N2O10S2/c52-19-23-4-1-3-22(9-23)10-24-11-32-39(55)30-5-2-6-33-37(30)41(56)47(32,34(54)12-24)21-62-63-35-16-26-15-29-8-7-28-14-25-13-27-17-46(20-53)45(58)49(59,42(57)44(60-33)61-46)40(27)48(28,29)38-31(25)18-50-43(51-35)36(26)38/h1-6,9,11-12,15,25,27-29,32,35,40,42,44-45,50-54,57-59H,7-8,10,13-14,16-21H2/t25-,27-,28+,29+,32+,35+,40+,42-,44+,45+,46+,47-,48-,49+/m0/s1. The molecule has 2 aromatic carbocycles. The first-order valence-electron chi connectivity index (χ1n) is 22.5. The van der Waals surface area contributed by atoms with Gasteiger partial charge in [0.25, 0.3) is 0 Å². The first-order chi connectivity index (χ1) is 30.5. The predicted molar refractivity (Wildman–Crippen MR) is 233 cm³/mol. The highest BCUT2D eigenvalue weighted by Gasteiger charge is 2.78. The van der Waals surface area contributed by atoms with Crippen LogP contribution in [0.3, 0.4) is 0 Å². The molecule has 14 atom stereocenters. The molecule has 8 aliphatic carbocycles. The number of rotatable bonds is 4. The minimum atomic E-state index is -2.20. The van der Waals surface area contributed by atoms with Crippen LogP contribution < -0.4 is 15.4 Å². The van der Waals surface area contributed by atoms with Crippen LogP contribution in [0.2, 0.25) is 0 Å². The smallest absolute Gasteiger partial charge is 0.229 e. The number of aliphatic hydroxyl groups is 6. The highest BCUT2D eigenvalue weighted by molar-refractivity contribution is 8.76. The molecule has 0 unspecified atom stereocenters. The van der Waals surface area contributed by atoms with Gasteiger partial charge in [-0.2, -0.15) is 0 Å². The number of Topliss-reactive ketones (excluding diaryl/α,β-unsaturated/α-hetero) is 2. The van der Waals surface area contributed by atoms with Crippen LogP contribution in [-0.2, 0) is 17.8 Å². The van der Waals surface area contributed by atoms with Crippen molar-refractivity contribution in [1.29, 1.82) is 0 Å². The number of dihydropyridines is 1. The Bertz CT molecular complexity index is 2610. The van der Waals surface area contributed by atoms with Gasteiger partial charge in [0.1, 0.15) is 46.2 Å². The molecular formula is C49H50N2O10S2. The third-order valence-electron chi connectivity index (χ3n) is 17.5. The minimum absolute atomic E-state index is 0.0534. The third-order valence-corrected chi connectivity index (χ3v) is 20.2. The number of hydrogen-bond acceptors (Lipinski definition) is 14. The van der Waals surface area contributed by atoms with E-state index in [0.29, 0.717) is 25.0 Å². The molecule has 2 spiro atoms. The van der Waals surface area contributed by atoms with Gasteiger partial charge in [-0.25, -0.2) is 0 Å². The van der Waals surface area contributed by atoms with Crippen molar-refractivity contribution < 1.29 is 49.7 Å². The van der Waals surface area contributed by atoms with E-state index in [9.17, 15) is 30.6 Å². The molecule has 2 aromatic rings. The quantitative estimate of drug-likeness (QED) is 0.199. The zero-order valence-electron chi connectivity index (χ0n) is 34.5. The van der Waals surface area contributed by atoms with Crippen molar-refractivity contribution in [2.45, 2.75) is 86.6 Å². The maximum Gasteiger partial charge on any atom is 0.229 e. The van der Waals surface area contributed by atoms with E-state index in [-0.39, 0.29) is 76.2 Å². The summed E-state index contributed by atoms with van der Waals surface area (Å²) in [5, 5.41) is 79.9. The van der Waals surface area contributed by atoms with Crippen LogP contribution in [-0.4, -0.2) is 96.2 Å². The van der Waals surface area contributed by atoms with E-state index in [1.165, 1.54) is 33.6 Å². The monoisotopic (exact) mass is 890 g/mol. The average Bonchev–Trinajstić information content (AvgIpc) is 3.50. The Morgan fingerprint density at radius 2 is 1.84 bits per heavy atom. The second-order valence-electron chi connectivity index (χ2n) is 20.1. The number of carbonyl (C=O) groups excluding carboxylic acids is 2. The SMILES string of the molecule is O=C1c2cccc3c2C(=O)[C@]2(CSS[C@@H]4CC5=C[C@H]6CC[C@@H]7C[C@@H]8C[C@H]9C[C@]%10(CO)O[C@@H](O3)[C@H](O)[C@@](O)([C@@H]%10O)[C@H]9[C@@]76C3=C8CNC(=C53)N4)C(O)=CC(Cc3cccc(CO)c3)=C[C@H]12. The molecule has 6 aliphatic heterocycles. The first kappa shape index (κ1) is 39.5. The van der Waals surface area contributed by atoms with Crippen molar-refractivity contribution in [2.24, 2.45) is 46.3 Å². The predicted octanol–water partition coefficient (Wildman–Crippen LogP) is 4.54. The molecule has 8 N–H and O–H groups in total. The zero-order valence-corrected chi connectivity index (χ0v) is 36.1. The molecule has 328 valence electrons. The van der Waals surface area contributed by atoms with Gasteiger partial charge in [-0.3, -0.25) is 9.59 Å². The van der Waals surface area contributed by atoms with Crippen molar-refractivity contribution >= 4 is 33.2 Å². The fourth-order valence-electron chi connectivity index (χ4n) is 15.2. The minimum Gasteiger partial charge on any atom is -0.511 e. The lowest BCUT2D eigenvalue weighted by Gasteiger charge is -2.67. The molecule has 4 fully saturated rings. The molecule has 0 aromatic heterocycles. The fourth-order valence-corrected chi connectivity index (χ4v) is 18.1. The molecule has 0 amide bonds. The van der Waals surface area contributed by atoms with Gasteiger partial charge in [-0.1, -0.05) is 70.1 Å². The first-order valence-corrected chi connectivity index (χ1v) is 24.9. The topological polar surface area (TPSA) is 198 Å². The van der Waals surface area contributed by atoms with Gasteiger partial charge >= 0.3 is 0 Å². The van der Waals surface area contributed by atoms with Crippen molar-refractivity contribution in [3.63, 3.8) is 0 Å². The molecule has 1 saturated heterocycles. The van der Waals surface area contributed by atoms with E-state index < -0.39 is 64.8 Å². The normalized spacial score (nSPS) is 43.4. The number of carbonyl (C=O) groups is 2. The summed E-state index contributed by atoms with van der Waals surface area (Å²) in [6.07, 6.45) is 5.53. The van der Waals surface area contributed by atoms with Crippen molar-refractivity contribution in [2.75, 3.05) is 18.9 Å². The van der Waals surface area contributed by atoms with Crippen LogP contribution in [0.25, 0.3) is 0 Å². The summed E-state index contributed by atoms with van der Waals surface area (Å²) < 4.78 is 13.2. The lowest BCUT2D eigenvalue weighted by Crippen LogP contribution is -2.81. The summed E-state index contributed by atoms with van der Waals surface area (Å²) in [5.74, 6) is -1.60. The zero-order chi connectivity index (χ0) is 42.9. The Balaban J connectivity index is 0.997. The highest BCUT2D eigenvalue weighted by atomic mass is 33.1. The molecule has 0 radical (unpaired) electrons. The van der Waals surface area contributed by atoms with Crippen molar-refractivity contribution in [3.05, 3.63) is 122 Å². The van der Waals surface area contributed by atoms with E-state index in [2.05, 4.69) is 16.7 Å². The Kier molecular flexibility index (Phi) is 8.39. The Hall–Kier alpha value is -3.86. The van der Waals surface area contributed by atoms with Crippen molar-refractivity contribution in [1.82, 2.24) is 10.6 Å². The van der Waals surface area contributed by atoms with Crippen LogP contribution in [0.15, 0.2) is 100 Å². The van der Waals surface area contributed by atoms with Crippen LogP contribution in [0.1, 0.15) is 70.4 Å². The Morgan fingerprint density at radius 1 is 1.00 bits per heavy atom. The second kappa shape index (κ2) is 13.4. The fraction of sp³-hybridized carbons (Fsp3) is 0.510.